The predicted molar refractivity (Wildman–Crippen MR) is 96.6 cm³/mol. The Morgan fingerprint density at radius 2 is 1.92 bits per heavy atom. The molecule has 0 aliphatic carbocycles. The van der Waals surface area contributed by atoms with Crippen molar-refractivity contribution in [3.63, 3.8) is 0 Å². The normalized spacial score (nSPS) is 12.1. The standard InChI is InChI=1S/C19H27NO5/c1-6-7-14-8-9-16(17(11-14)23-4)25-12-18(21)20-15(10-13(2)3)19(22)24-5/h6-9,11,13,15H,10,12H2,1-5H3,(H,20,21)/b7-6+. The molecule has 0 aromatic heterocycles. The molecule has 6 nitrogen and oxygen atoms in total. The highest BCUT2D eigenvalue weighted by molar-refractivity contribution is 5.85. The molecule has 1 aromatic carbocycles. The summed E-state index contributed by atoms with van der Waals surface area (Å²) in [5, 5.41) is 2.65. The average molecular weight is 349 g/mol. The first-order valence-electron chi connectivity index (χ1n) is 8.22. The molecule has 0 bridgehead atoms. The second kappa shape index (κ2) is 10.4. The van der Waals surface area contributed by atoms with Gasteiger partial charge >= 0.3 is 5.97 Å². The van der Waals surface area contributed by atoms with Gasteiger partial charge in [0.1, 0.15) is 6.04 Å². The first kappa shape index (κ1) is 20.5. The molecule has 0 spiro atoms. The van der Waals surface area contributed by atoms with Crippen LogP contribution in [0.2, 0.25) is 0 Å². The van der Waals surface area contributed by atoms with Gasteiger partial charge in [-0.1, -0.05) is 32.1 Å². The maximum atomic E-state index is 12.1. The van der Waals surface area contributed by atoms with E-state index in [2.05, 4.69) is 5.32 Å². The average Bonchev–Trinajstić information content (AvgIpc) is 2.59. The number of rotatable bonds is 9. The van der Waals surface area contributed by atoms with Crippen molar-refractivity contribution in [2.24, 2.45) is 5.92 Å². The number of hydrogen-bond acceptors (Lipinski definition) is 5. The number of carbonyl (C=O) groups is 2. The van der Waals surface area contributed by atoms with Crippen LogP contribution in [0.25, 0.3) is 6.08 Å². The first-order valence-corrected chi connectivity index (χ1v) is 8.22. The van der Waals surface area contributed by atoms with Crippen molar-refractivity contribution >= 4 is 18.0 Å². The van der Waals surface area contributed by atoms with E-state index in [9.17, 15) is 9.59 Å². The number of amides is 1. The van der Waals surface area contributed by atoms with Crippen molar-refractivity contribution in [2.75, 3.05) is 20.8 Å². The van der Waals surface area contributed by atoms with Crippen LogP contribution in [0.4, 0.5) is 0 Å². The smallest absolute Gasteiger partial charge is 0.328 e. The Morgan fingerprint density at radius 1 is 1.20 bits per heavy atom. The minimum Gasteiger partial charge on any atom is -0.493 e. The number of esters is 1. The van der Waals surface area contributed by atoms with Gasteiger partial charge in [-0.3, -0.25) is 4.79 Å². The third kappa shape index (κ3) is 6.87. The van der Waals surface area contributed by atoms with Crippen LogP contribution in [0.1, 0.15) is 32.8 Å². The molecule has 0 fully saturated rings. The lowest BCUT2D eigenvalue weighted by Crippen LogP contribution is -2.44. The van der Waals surface area contributed by atoms with Gasteiger partial charge in [0.25, 0.3) is 5.91 Å². The topological polar surface area (TPSA) is 73.9 Å². The molecule has 1 unspecified atom stereocenters. The SMILES string of the molecule is C/C=C/c1ccc(OCC(=O)NC(CC(C)C)C(=O)OC)c(OC)c1. The molecular formula is C19H27NO5. The molecule has 1 atom stereocenters. The number of nitrogens with one attached hydrogen (secondary N) is 1. The van der Waals surface area contributed by atoms with Gasteiger partial charge in [-0.05, 0) is 37.0 Å². The van der Waals surface area contributed by atoms with Crippen molar-refractivity contribution in [1.29, 1.82) is 0 Å². The highest BCUT2D eigenvalue weighted by Crippen LogP contribution is 2.28. The zero-order valence-corrected chi connectivity index (χ0v) is 15.5. The first-order chi connectivity index (χ1) is 11.9. The maximum absolute atomic E-state index is 12.1. The summed E-state index contributed by atoms with van der Waals surface area (Å²) < 4.78 is 15.5. The van der Waals surface area contributed by atoms with E-state index in [-0.39, 0.29) is 12.5 Å². The van der Waals surface area contributed by atoms with E-state index in [1.165, 1.54) is 14.2 Å². The van der Waals surface area contributed by atoms with Gasteiger partial charge in [0, 0.05) is 0 Å². The van der Waals surface area contributed by atoms with Gasteiger partial charge in [0.05, 0.1) is 14.2 Å². The summed E-state index contributed by atoms with van der Waals surface area (Å²) >= 11 is 0. The van der Waals surface area contributed by atoms with E-state index < -0.39 is 17.9 Å². The van der Waals surface area contributed by atoms with E-state index in [1.807, 2.05) is 45.1 Å². The fourth-order valence-electron chi connectivity index (χ4n) is 2.31. The monoisotopic (exact) mass is 349 g/mol. The molecule has 1 amide bonds. The molecule has 1 N–H and O–H groups in total. The van der Waals surface area contributed by atoms with Crippen LogP contribution in [0.3, 0.4) is 0 Å². The zero-order valence-electron chi connectivity index (χ0n) is 15.5. The molecule has 1 aromatic rings. The van der Waals surface area contributed by atoms with Crippen LogP contribution >= 0.6 is 0 Å². The molecular weight excluding hydrogens is 322 g/mol. The number of carbonyl (C=O) groups excluding carboxylic acids is 2. The number of allylic oxidation sites excluding steroid dienone is 1. The van der Waals surface area contributed by atoms with Crippen molar-refractivity contribution in [3.05, 3.63) is 29.8 Å². The van der Waals surface area contributed by atoms with Crippen molar-refractivity contribution < 1.29 is 23.8 Å². The minimum absolute atomic E-state index is 0.217. The highest BCUT2D eigenvalue weighted by atomic mass is 16.5. The summed E-state index contributed by atoms with van der Waals surface area (Å²) in [6.07, 6.45) is 4.36. The van der Waals surface area contributed by atoms with E-state index in [4.69, 9.17) is 14.2 Å². The van der Waals surface area contributed by atoms with Crippen LogP contribution in [-0.2, 0) is 14.3 Å². The van der Waals surface area contributed by atoms with Crippen molar-refractivity contribution in [1.82, 2.24) is 5.32 Å². The van der Waals surface area contributed by atoms with Gasteiger partial charge in [-0.15, -0.1) is 0 Å². The fraction of sp³-hybridized carbons (Fsp3) is 0.474. The lowest BCUT2D eigenvalue weighted by molar-refractivity contribution is -0.145. The molecule has 138 valence electrons. The third-order valence-electron chi connectivity index (χ3n) is 3.43. The molecule has 0 heterocycles. The van der Waals surface area contributed by atoms with Crippen LogP contribution in [0.5, 0.6) is 11.5 Å². The molecule has 1 rings (SSSR count). The summed E-state index contributed by atoms with van der Waals surface area (Å²) in [6, 6.07) is 4.75. The summed E-state index contributed by atoms with van der Waals surface area (Å²) in [5.74, 6) is 0.384. The Morgan fingerprint density at radius 3 is 2.48 bits per heavy atom. The molecule has 0 saturated heterocycles. The Labute approximate surface area is 149 Å². The molecule has 0 saturated carbocycles. The van der Waals surface area contributed by atoms with Gasteiger partial charge in [-0.25, -0.2) is 4.79 Å². The second-order valence-electron chi connectivity index (χ2n) is 5.97. The van der Waals surface area contributed by atoms with Crippen molar-refractivity contribution in [3.8, 4) is 11.5 Å². The minimum atomic E-state index is -0.680. The van der Waals surface area contributed by atoms with Gasteiger partial charge in [0.2, 0.25) is 0 Å². The van der Waals surface area contributed by atoms with Crippen molar-refractivity contribution in [2.45, 2.75) is 33.2 Å². The van der Waals surface area contributed by atoms with Gasteiger partial charge in [-0.2, -0.15) is 0 Å². The lowest BCUT2D eigenvalue weighted by Gasteiger charge is -2.18. The Bertz CT molecular complexity index is 610. The van der Waals surface area contributed by atoms with E-state index >= 15 is 0 Å². The van der Waals surface area contributed by atoms with E-state index in [0.29, 0.717) is 17.9 Å². The van der Waals surface area contributed by atoms with Crippen LogP contribution < -0.4 is 14.8 Å². The Hall–Kier alpha value is -2.50. The molecule has 6 heteroatoms. The lowest BCUT2D eigenvalue weighted by atomic mass is 10.0. The predicted octanol–water partition coefficient (Wildman–Crippen LogP) is 2.81. The fourth-order valence-corrected chi connectivity index (χ4v) is 2.31. The van der Waals surface area contributed by atoms with Crippen LogP contribution in [0.15, 0.2) is 24.3 Å². The summed E-state index contributed by atoms with van der Waals surface area (Å²) in [4.78, 5) is 23.9. The van der Waals surface area contributed by atoms with E-state index in [1.54, 1.807) is 6.07 Å². The third-order valence-corrected chi connectivity index (χ3v) is 3.43. The largest absolute Gasteiger partial charge is 0.493 e. The molecule has 0 aliphatic heterocycles. The Balaban J connectivity index is 2.70. The quantitative estimate of drug-likeness (QED) is 0.694. The number of methoxy groups -OCH3 is 2. The summed E-state index contributed by atoms with van der Waals surface area (Å²) in [6.45, 7) is 5.65. The van der Waals surface area contributed by atoms with Gasteiger partial charge in [0.15, 0.2) is 18.1 Å². The molecule has 0 radical (unpaired) electrons. The van der Waals surface area contributed by atoms with Gasteiger partial charge < -0.3 is 19.5 Å². The number of hydrogen-bond donors (Lipinski definition) is 1. The number of benzene rings is 1. The number of ether oxygens (including phenoxy) is 3. The zero-order chi connectivity index (χ0) is 18.8. The summed E-state index contributed by atoms with van der Waals surface area (Å²) in [7, 11) is 2.84. The second-order valence-corrected chi connectivity index (χ2v) is 5.97. The van der Waals surface area contributed by atoms with E-state index in [0.717, 1.165) is 5.56 Å². The molecule has 0 aliphatic rings. The molecule has 25 heavy (non-hydrogen) atoms. The summed E-state index contributed by atoms with van der Waals surface area (Å²) in [5.41, 5.74) is 0.971. The Kier molecular flexibility index (Phi) is 8.53. The van der Waals surface area contributed by atoms with Crippen LogP contribution in [0, 0.1) is 5.92 Å². The highest BCUT2D eigenvalue weighted by Gasteiger charge is 2.22. The van der Waals surface area contributed by atoms with Crippen LogP contribution in [-0.4, -0.2) is 38.7 Å². The maximum Gasteiger partial charge on any atom is 0.328 e.